The van der Waals surface area contributed by atoms with Crippen LogP contribution < -0.4 is 0 Å². The average molecular weight is 1820 g/mol. The van der Waals surface area contributed by atoms with E-state index in [1.165, 1.54) is 13.8 Å². The van der Waals surface area contributed by atoms with Crippen molar-refractivity contribution in [3.05, 3.63) is 11.6 Å². The molecule has 9 aliphatic heterocycles. The van der Waals surface area contributed by atoms with E-state index >= 15 is 4.79 Å². The lowest BCUT2D eigenvalue weighted by molar-refractivity contribution is -0.390. The van der Waals surface area contributed by atoms with Gasteiger partial charge in [-0.15, -0.1) is 0 Å². The third-order valence-corrected chi connectivity index (χ3v) is 31.1. The first-order valence-corrected chi connectivity index (χ1v) is 43.9. The van der Waals surface area contributed by atoms with Crippen molar-refractivity contribution in [2.24, 2.45) is 50.2 Å². The molecule has 25 N–H and O–H groups in total. The van der Waals surface area contributed by atoms with Crippen LogP contribution in [-0.4, -0.2) is 450 Å². The highest BCUT2D eigenvalue weighted by atomic mass is 16.8. The Morgan fingerprint density at radius 1 is 0.381 bits per heavy atom. The molecule has 126 heavy (non-hydrogen) atoms. The van der Waals surface area contributed by atoms with Crippen LogP contribution in [0.15, 0.2) is 11.6 Å². The number of carbonyl (C=O) groups excluding carboxylic acids is 1. The van der Waals surface area contributed by atoms with Gasteiger partial charge in [-0.25, -0.2) is 0 Å². The van der Waals surface area contributed by atoms with Crippen LogP contribution in [0.4, 0.5) is 0 Å². The first kappa shape index (κ1) is 99.5. The van der Waals surface area contributed by atoms with E-state index in [9.17, 15) is 128 Å². The van der Waals surface area contributed by atoms with Gasteiger partial charge in [0.15, 0.2) is 50.3 Å². The molecule has 14 rings (SSSR count). The molecule has 0 spiro atoms. The number of aliphatic hydroxyl groups excluding tert-OH is 25. The summed E-state index contributed by atoms with van der Waals surface area (Å²) >= 11 is 0. The van der Waals surface area contributed by atoms with Crippen LogP contribution in [0.5, 0.6) is 0 Å². The predicted molar refractivity (Wildman–Crippen MR) is 411 cm³/mol. The minimum Gasteiger partial charge on any atom is -0.432 e. The van der Waals surface area contributed by atoms with Crippen molar-refractivity contribution in [2.45, 2.75) is 397 Å². The number of carbonyl (C=O) groups is 1. The van der Waals surface area contributed by atoms with Crippen LogP contribution in [0.1, 0.15) is 127 Å². The van der Waals surface area contributed by atoms with Crippen LogP contribution in [0.3, 0.4) is 0 Å². The minimum absolute atomic E-state index is 0.0211. The first-order valence-electron chi connectivity index (χ1n) is 43.9. The molecular formula is C82H134O44. The summed E-state index contributed by atoms with van der Waals surface area (Å²) in [6.07, 6.45) is -68.0. The molecule has 726 valence electrons. The first-order chi connectivity index (χ1) is 59.3. The fourth-order valence-corrected chi connectivity index (χ4v) is 23.1. The van der Waals surface area contributed by atoms with Crippen molar-refractivity contribution in [3.8, 4) is 0 Å². The van der Waals surface area contributed by atoms with Crippen molar-refractivity contribution in [1.29, 1.82) is 0 Å². The van der Waals surface area contributed by atoms with Crippen molar-refractivity contribution in [2.75, 3.05) is 46.2 Å². The molecule has 5 aliphatic carbocycles. The predicted octanol–water partition coefficient (Wildman–Crippen LogP) is -9.58. The van der Waals surface area contributed by atoms with E-state index in [1.807, 2.05) is 0 Å². The van der Waals surface area contributed by atoms with Crippen LogP contribution in [0, 0.1) is 50.2 Å². The standard InChI is InChI=1S/C82H134O44/c1-28-42(88)49(95)55(101)69(112-28)121-62-35(23-85)116-67(58(104)52(62)98)110-26-37-46(92)51(97)57(103)72(119-37)126-76(108)82-18-16-77(3,4)20-31(82)30-10-11-40-79(7)14-13-41(78(5,6)39(79)12-15-81(40,9)80(30,8)17-19-82)120-75-66(44(90)32(87)25-109-75)125-73-60(106)64(43(89)29(2)113-73)123-68-54(100)47(93)38(27-111-68)118-70-59(105)53(99)63(36(24-86)117-70)122-74-61(107)65(48(94)34(22-84)115-74)124-71-56(102)50(96)45(91)33(21-83)114-71/h10,28-29,31-75,83-107H,11-27H2,1-9H3/t28-,29-,31-,32-,33+,34+,35+,36+,37+,38+,39-,40+,41-,42-,43-,44-,45+,46+,47+,48+,49+,50-,51-,52+,53+,54+,55+,56+,57+,58+,59+,60+,61+,62+,63+,64+,65-,66+,67+,68-,69-,70-,71-,72-,73-,74-,75-,79-,80+,81+,82-/m0/s1. The van der Waals surface area contributed by atoms with E-state index in [1.54, 1.807) is 0 Å². The Morgan fingerprint density at radius 2 is 0.841 bits per heavy atom. The average Bonchev–Trinajstić information content (AvgIpc) is 0.673. The van der Waals surface area contributed by atoms with E-state index in [2.05, 4.69) is 54.5 Å². The molecule has 0 aromatic carbocycles. The number of allylic oxidation sites excluding steroid dienone is 2. The maximum Gasteiger partial charge on any atom is 0.315 e. The summed E-state index contributed by atoms with van der Waals surface area (Å²) in [5.74, 6) is -0.868. The normalized spacial score (nSPS) is 54.6. The largest absolute Gasteiger partial charge is 0.432 e. The van der Waals surface area contributed by atoms with Gasteiger partial charge in [0.05, 0.1) is 70.0 Å². The molecule has 0 bridgehead atoms. The van der Waals surface area contributed by atoms with Gasteiger partial charge in [0, 0.05) is 0 Å². The quantitative estimate of drug-likeness (QED) is 0.0257. The van der Waals surface area contributed by atoms with Crippen molar-refractivity contribution >= 4 is 5.97 Å². The van der Waals surface area contributed by atoms with Crippen LogP contribution >= 0.6 is 0 Å². The summed E-state index contributed by atoms with van der Waals surface area (Å²) in [5, 5.41) is 275. The second kappa shape index (κ2) is 38.6. The van der Waals surface area contributed by atoms with Crippen molar-refractivity contribution in [1.82, 2.24) is 0 Å². The van der Waals surface area contributed by atoms with E-state index in [4.69, 9.17) is 85.3 Å². The molecule has 0 radical (unpaired) electrons. The van der Waals surface area contributed by atoms with Crippen LogP contribution in [-0.2, 0) is 90.1 Å². The molecule has 0 aromatic rings. The molecule has 0 aromatic heterocycles. The Labute approximate surface area is 726 Å². The summed E-state index contributed by atoms with van der Waals surface area (Å²) in [6, 6.07) is 0. The second-order valence-electron chi connectivity index (χ2n) is 39.4. The maximum atomic E-state index is 15.4. The van der Waals surface area contributed by atoms with E-state index in [-0.39, 0.29) is 40.6 Å². The van der Waals surface area contributed by atoms with Gasteiger partial charge in [0.1, 0.15) is 195 Å². The topological polar surface area (TPSA) is 689 Å². The molecular weight excluding hydrogens is 1690 g/mol. The molecule has 44 nitrogen and oxygen atoms in total. The minimum atomic E-state index is -2.13. The Hall–Kier alpha value is -2.47. The number of esters is 1. The third kappa shape index (κ3) is 18.0. The lowest BCUT2D eigenvalue weighted by Crippen LogP contribution is -2.67. The van der Waals surface area contributed by atoms with Crippen LogP contribution in [0.25, 0.3) is 0 Å². The zero-order chi connectivity index (χ0) is 91.7. The zero-order valence-electron chi connectivity index (χ0n) is 71.7. The van der Waals surface area contributed by atoms with Gasteiger partial charge in [-0.2, -0.15) is 0 Å². The highest BCUT2D eigenvalue weighted by Gasteiger charge is 2.71. The summed E-state index contributed by atoms with van der Waals surface area (Å²) in [6.45, 7) is 13.1. The Bertz CT molecular complexity index is 3630. The van der Waals surface area contributed by atoms with E-state index < -0.39 is 332 Å². The SMILES string of the molecule is C[C@@H]1O[C@@H](O[C@H]2[C@H](O)[C@@H](O)[C@H](OC[C@H]3O[C@@H](OC(=O)[C@]45CCC(C)(C)C[C@H]4C4=CC[C@@H]6[C@@]7(C)CC[C@H](O[C@@H]8OC[C@H](O)[C@H](O)[C@H]8O[C@@H]8O[C@@H](C)[C@H](O)[C@@H](O[C@@H]9OC[C@@H](O[C@@H]%10O[C@H](CO)[C@@H](O[C@@H]%11O[C@H](CO)[C@@H](O)[C@H](O[C@@H]%12O[C@H](CO)[C@@H](O)[C@H](O)[C@H]%12O)[C@H]%11O)[C@H](O)[C@H]%10O)[C@@H](O)[C@H]9O)[C@H]8O)C(C)(C)[C@@H]7CC[C@@]6(C)[C@]4(C)CC5)[C@H](O)[C@@H](O)[C@@H]3O)O[C@@H]2CO)[C@H](O)[C@H](O)[C@H]1O. The van der Waals surface area contributed by atoms with E-state index in [0.717, 1.165) is 18.4 Å². The summed E-state index contributed by atoms with van der Waals surface area (Å²) in [7, 11) is 0. The number of aliphatic hydroxyl groups is 25. The molecule has 4 saturated carbocycles. The maximum absolute atomic E-state index is 15.4. The molecule has 13 fully saturated rings. The summed E-state index contributed by atoms with van der Waals surface area (Å²) in [4.78, 5) is 15.4. The van der Waals surface area contributed by atoms with Gasteiger partial charge in [-0.3, -0.25) is 4.79 Å². The summed E-state index contributed by atoms with van der Waals surface area (Å²) in [5.41, 5.74) is -1.90. The van der Waals surface area contributed by atoms with Gasteiger partial charge in [0.25, 0.3) is 0 Å². The molecule has 0 unspecified atom stereocenters. The second-order valence-corrected chi connectivity index (χ2v) is 39.4. The fraction of sp³-hybridized carbons (Fsp3) is 0.963. The van der Waals surface area contributed by atoms with Gasteiger partial charge in [0.2, 0.25) is 6.29 Å². The molecule has 0 amide bonds. The summed E-state index contributed by atoms with van der Waals surface area (Å²) < 4.78 is 106. The molecule has 9 heterocycles. The third-order valence-electron chi connectivity index (χ3n) is 31.1. The van der Waals surface area contributed by atoms with Gasteiger partial charge in [-0.05, 0) is 123 Å². The van der Waals surface area contributed by atoms with Gasteiger partial charge in [-0.1, -0.05) is 60.1 Å². The zero-order valence-corrected chi connectivity index (χ0v) is 71.7. The smallest absolute Gasteiger partial charge is 0.315 e. The lowest BCUT2D eigenvalue weighted by Gasteiger charge is -2.71. The molecule has 51 atom stereocenters. The molecule has 14 aliphatic rings. The van der Waals surface area contributed by atoms with Gasteiger partial charge < -0.3 is 213 Å². The molecule has 9 saturated heterocycles. The Balaban J connectivity index is 0.593. The number of hydrogen-bond donors (Lipinski definition) is 25. The number of rotatable bonds is 23. The monoisotopic (exact) mass is 1820 g/mol. The van der Waals surface area contributed by atoms with E-state index in [0.29, 0.717) is 51.4 Å². The van der Waals surface area contributed by atoms with Crippen LogP contribution in [0.2, 0.25) is 0 Å². The number of ether oxygens (including phenoxy) is 18. The van der Waals surface area contributed by atoms with Crippen molar-refractivity contribution in [3.63, 3.8) is 0 Å². The fourth-order valence-electron chi connectivity index (χ4n) is 23.1. The highest BCUT2D eigenvalue weighted by molar-refractivity contribution is 5.79. The highest BCUT2D eigenvalue weighted by Crippen LogP contribution is 2.76. The molecule has 44 heteroatoms. The Morgan fingerprint density at radius 3 is 1.46 bits per heavy atom. The van der Waals surface area contributed by atoms with Gasteiger partial charge >= 0.3 is 5.97 Å². The number of fused-ring (bicyclic) bond motifs is 7. The van der Waals surface area contributed by atoms with Crippen molar-refractivity contribution < 1.29 is 218 Å². The lowest BCUT2D eigenvalue weighted by atomic mass is 9.33. The number of hydrogen-bond acceptors (Lipinski definition) is 44. The Kier molecular flexibility index (Phi) is 30.5.